The molecule has 0 radical (unpaired) electrons. The van der Waals surface area contributed by atoms with E-state index in [2.05, 4.69) is 30.0 Å². The first-order chi connectivity index (χ1) is 14.7. The molecule has 2 aromatic rings. The molecule has 1 aliphatic rings. The van der Waals surface area contributed by atoms with Crippen LogP contribution in [0.25, 0.3) is 0 Å². The van der Waals surface area contributed by atoms with Crippen LogP contribution in [0.5, 0.6) is 0 Å². The van der Waals surface area contributed by atoms with E-state index in [1.54, 1.807) is 11.8 Å². The van der Waals surface area contributed by atoms with Gasteiger partial charge in [0, 0.05) is 38.0 Å². The molecule has 0 saturated carbocycles. The summed E-state index contributed by atoms with van der Waals surface area (Å²) in [5, 5.41) is 8.91. The Morgan fingerprint density at radius 2 is 1.83 bits per heavy atom. The Hall–Kier alpha value is -2.33. The van der Waals surface area contributed by atoms with Crippen LogP contribution < -0.4 is 0 Å². The summed E-state index contributed by atoms with van der Waals surface area (Å²) in [6.07, 6.45) is 0. The van der Waals surface area contributed by atoms with Crippen LogP contribution in [0.15, 0.2) is 54.6 Å². The number of carbonyl (C=O) groups is 1. The van der Waals surface area contributed by atoms with E-state index in [9.17, 15) is 4.79 Å². The van der Waals surface area contributed by atoms with Crippen molar-refractivity contribution >= 4 is 17.7 Å². The lowest BCUT2D eigenvalue weighted by Gasteiger charge is -2.35. The van der Waals surface area contributed by atoms with Gasteiger partial charge >= 0.3 is 0 Å². The second kappa shape index (κ2) is 11.8. The first kappa shape index (κ1) is 22.4. The zero-order chi connectivity index (χ0) is 21.2. The molecule has 0 spiro atoms. The number of carbonyl (C=O) groups excluding carboxylic acids is 1. The number of morpholine rings is 1. The Morgan fingerprint density at radius 3 is 2.50 bits per heavy atom. The van der Waals surface area contributed by atoms with Crippen molar-refractivity contribution in [2.24, 2.45) is 0 Å². The average Bonchev–Trinajstić information content (AvgIpc) is 2.79. The zero-order valence-corrected chi connectivity index (χ0v) is 18.3. The van der Waals surface area contributed by atoms with Crippen molar-refractivity contribution in [2.45, 2.75) is 25.3 Å². The number of thioether (sulfide) groups is 1. The van der Waals surface area contributed by atoms with E-state index in [0.717, 1.165) is 49.7 Å². The van der Waals surface area contributed by atoms with Crippen LogP contribution in [-0.2, 0) is 21.8 Å². The van der Waals surface area contributed by atoms with E-state index < -0.39 is 0 Å². The van der Waals surface area contributed by atoms with E-state index in [0.29, 0.717) is 17.9 Å². The van der Waals surface area contributed by atoms with Gasteiger partial charge in [-0.25, -0.2) is 0 Å². The Bertz CT molecular complexity index is 830. The molecule has 0 N–H and O–H groups in total. The van der Waals surface area contributed by atoms with Gasteiger partial charge in [-0.15, -0.1) is 11.8 Å². The van der Waals surface area contributed by atoms with Gasteiger partial charge in [0.25, 0.3) is 0 Å². The lowest BCUT2D eigenvalue weighted by atomic mass is 10.1. The molecule has 158 valence electrons. The van der Waals surface area contributed by atoms with Crippen molar-refractivity contribution in [2.75, 3.05) is 38.6 Å². The SMILES string of the molecule is CC(CN1CCOCC1)N(Cc1ccccc1)C(=O)CSCc1ccc(C#N)cc1. The average molecular weight is 424 g/mol. The summed E-state index contributed by atoms with van der Waals surface area (Å²) in [6.45, 7) is 7.00. The maximum atomic E-state index is 13.1. The third-order valence-electron chi connectivity index (χ3n) is 5.25. The van der Waals surface area contributed by atoms with Crippen LogP contribution in [0.3, 0.4) is 0 Å². The molecule has 0 aromatic heterocycles. The molecular formula is C24H29N3O2S. The first-order valence-corrected chi connectivity index (χ1v) is 11.5. The second-order valence-electron chi connectivity index (χ2n) is 7.57. The normalized spacial score (nSPS) is 15.3. The summed E-state index contributed by atoms with van der Waals surface area (Å²) >= 11 is 1.62. The molecule has 1 aliphatic heterocycles. The monoisotopic (exact) mass is 423 g/mol. The minimum absolute atomic E-state index is 0.131. The lowest BCUT2D eigenvalue weighted by molar-refractivity contribution is -0.131. The smallest absolute Gasteiger partial charge is 0.233 e. The van der Waals surface area contributed by atoms with Crippen molar-refractivity contribution in [3.05, 3.63) is 71.3 Å². The van der Waals surface area contributed by atoms with Gasteiger partial charge in [-0.05, 0) is 30.2 Å². The van der Waals surface area contributed by atoms with Crippen LogP contribution in [0, 0.1) is 11.3 Å². The highest BCUT2D eigenvalue weighted by Crippen LogP contribution is 2.17. The minimum atomic E-state index is 0.131. The molecule has 1 amide bonds. The highest BCUT2D eigenvalue weighted by Gasteiger charge is 2.23. The van der Waals surface area contributed by atoms with Crippen molar-refractivity contribution in [3.63, 3.8) is 0 Å². The van der Waals surface area contributed by atoms with E-state index >= 15 is 0 Å². The number of nitriles is 1. The lowest BCUT2D eigenvalue weighted by Crippen LogP contribution is -2.48. The predicted molar refractivity (Wildman–Crippen MR) is 121 cm³/mol. The molecule has 1 saturated heterocycles. The summed E-state index contributed by atoms with van der Waals surface area (Å²) in [5.41, 5.74) is 2.94. The van der Waals surface area contributed by atoms with Gasteiger partial charge < -0.3 is 9.64 Å². The Balaban J connectivity index is 1.59. The van der Waals surface area contributed by atoms with Gasteiger partial charge in [0.05, 0.1) is 30.6 Å². The molecule has 0 aliphatic carbocycles. The fourth-order valence-corrected chi connectivity index (χ4v) is 4.41. The minimum Gasteiger partial charge on any atom is -0.379 e. The molecule has 6 heteroatoms. The Kier molecular flexibility index (Phi) is 8.76. The Morgan fingerprint density at radius 1 is 1.13 bits per heavy atom. The Labute approximate surface area is 183 Å². The molecule has 5 nitrogen and oxygen atoms in total. The van der Waals surface area contributed by atoms with E-state index in [1.165, 1.54) is 0 Å². The summed E-state index contributed by atoms with van der Waals surface area (Å²) in [4.78, 5) is 17.5. The van der Waals surface area contributed by atoms with Gasteiger partial charge in [-0.2, -0.15) is 5.26 Å². The molecule has 1 atom stereocenters. The van der Waals surface area contributed by atoms with Crippen LogP contribution in [0.4, 0.5) is 0 Å². The number of nitrogens with zero attached hydrogens (tertiary/aromatic N) is 3. The highest BCUT2D eigenvalue weighted by molar-refractivity contribution is 7.99. The van der Waals surface area contributed by atoms with E-state index in [-0.39, 0.29) is 11.9 Å². The maximum absolute atomic E-state index is 13.1. The molecule has 30 heavy (non-hydrogen) atoms. The maximum Gasteiger partial charge on any atom is 0.233 e. The number of benzene rings is 2. The number of amides is 1. The number of rotatable bonds is 9. The molecule has 1 unspecified atom stereocenters. The van der Waals surface area contributed by atoms with Crippen molar-refractivity contribution in [1.82, 2.24) is 9.80 Å². The fourth-order valence-electron chi connectivity index (χ4n) is 3.54. The molecular weight excluding hydrogens is 394 g/mol. The summed E-state index contributed by atoms with van der Waals surface area (Å²) in [6, 6.07) is 20.0. The van der Waals surface area contributed by atoms with Crippen LogP contribution in [-0.4, -0.2) is 60.3 Å². The largest absolute Gasteiger partial charge is 0.379 e. The van der Waals surface area contributed by atoms with Crippen molar-refractivity contribution < 1.29 is 9.53 Å². The van der Waals surface area contributed by atoms with Crippen LogP contribution in [0.1, 0.15) is 23.6 Å². The third kappa shape index (κ3) is 6.88. The number of ether oxygens (including phenoxy) is 1. The molecule has 1 heterocycles. The summed E-state index contributed by atoms with van der Waals surface area (Å²) in [5.74, 6) is 1.37. The van der Waals surface area contributed by atoms with Gasteiger partial charge in [-0.1, -0.05) is 42.5 Å². The van der Waals surface area contributed by atoms with Gasteiger partial charge in [0.2, 0.25) is 5.91 Å². The molecule has 0 bridgehead atoms. The molecule has 2 aromatic carbocycles. The van der Waals surface area contributed by atoms with Crippen molar-refractivity contribution in [3.8, 4) is 6.07 Å². The van der Waals surface area contributed by atoms with E-state index in [4.69, 9.17) is 10.00 Å². The summed E-state index contributed by atoms with van der Waals surface area (Å²) in [7, 11) is 0. The van der Waals surface area contributed by atoms with Crippen molar-refractivity contribution in [1.29, 1.82) is 5.26 Å². The highest BCUT2D eigenvalue weighted by atomic mass is 32.2. The third-order valence-corrected chi connectivity index (χ3v) is 6.24. The van der Waals surface area contributed by atoms with Gasteiger partial charge in [-0.3, -0.25) is 9.69 Å². The number of hydrogen-bond acceptors (Lipinski definition) is 5. The van der Waals surface area contributed by atoms with E-state index in [1.807, 2.05) is 47.4 Å². The number of hydrogen-bond donors (Lipinski definition) is 0. The zero-order valence-electron chi connectivity index (χ0n) is 17.5. The fraction of sp³-hybridized carbons (Fsp3) is 0.417. The molecule has 3 rings (SSSR count). The topological polar surface area (TPSA) is 56.6 Å². The predicted octanol–water partition coefficient (Wildman–Crippen LogP) is 3.54. The molecule has 1 fully saturated rings. The standard InChI is InChI=1S/C24H29N3O2S/c1-20(16-26-11-13-29-14-12-26)27(17-22-5-3-2-4-6-22)24(28)19-30-18-23-9-7-21(15-25)8-10-23/h2-10,20H,11-14,16-19H2,1H3. The quantitative estimate of drug-likeness (QED) is 0.617. The van der Waals surface area contributed by atoms with Gasteiger partial charge in [0.1, 0.15) is 0 Å². The second-order valence-corrected chi connectivity index (χ2v) is 8.56. The van der Waals surface area contributed by atoms with Crippen LogP contribution >= 0.6 is 11.8 Å². The first-order valence-electron chi connectivity index (χ1n) is 10.4. The summed E-state index contributed by atoms with van der Waals surface area (Å²) < 4.78 is 5.45. The van der Waals surface area contributed by atoms with Gasteiger partial charge in [0.15, 0.2) is 0 Å². The van der Waals surface area contributed by atoms with Crippen LogP contribution in [0.2, 0.25) is 0 Å².